The molecule has 1 aliphatic rings. The molecule has 0 unspecified atom stereocenters. The molecule has 1 N–H and O–H groups in total. The summed E-state index contributed by atoms with van der Waals surface area (Å²) >= 11 is 0. The zero-order valence-corrected chi connectivity index (χ0v) is 15.8. The van der Waals surface area contributed by atoms with Crippen molar-refractivity contribution in [3.8, 4) is 11.8 Å². The zero-order chi connectivity index (χ0) is 19.3. The van der Waals surface area contributed by atoms with Gasteiger partial charge in [-0.25, -0.2) is 13.2 Å². The number of hydrogen-bond donors (Lipinski definition) is 1. The second-order valence-corrected chi connectivity index (χ2v) is 7.70. The second-order valence-electron chi connectivity index (χ2n) is 5.94. The first-order chi connectivity index (χ1) is 13.0. The first-order valence-corrected chi connectivity index (χ1v) is 10.1. The Morgan fingerprint density at radius 2 is 1.81 bits per heavy atom. The summed E-state index contributed by atoms with van der Waals surface area (Å²) in [6, 6.07) is 13.9. The molecular formula is C20H20N2O4S. The molecule has 3 rings (SSSR count). The Labute approximate surface area is 159 Å². The molecule has 1 fully saturated rings. The van der Waals surface area contributed by atoms with Gasteiger partial charge in [0.15, 0.2) is 0 Å². The van der Waals surface area contributed by atoms with E-state index in [9.17, 15) is 13.2 Å². The Morgan fingerprint density at radius 3 is 2.41 bits per heavy atom. The van der Waals surface area contributed by atoms with Crippen molar-refractivity contribution in [2.45, 2.75) is 18.2 Å². The third-order valence-corrected chi connectivity index (χ3v) is 5.58. The van der Waals surface area contributed by atoms with Crippen LogP contribution in [0.1, 0.15) is 18.1 Å². The van der Waals surface area contributed by atoms with Gasteiger partial charge in [0.1, 0.15) is 6.61 Å². The number of amides is 1. The van der Waals surface area contributed by atoms with Crippen LogP contribution in [0.2, 0.25) is 0 Å². The van der Waals surface area contributed by atoms with Crippen LogP contribution in [0, 0.1) is 11.8 Å². The van der Waals surface area contributed by atoms with Crippen molar-refractivity contribution >= 4 is 21.8 Å². The lowest BCUT2D eigenvalue weighted by Crippen LogP contribution is -2.24. The molecule has 2 aromatic rings. The van der Waals surface area contributed by atoms with Crippen LogP contribution in [0.15, 0.2) is 53.4 Å². The number of sulfonamides is 1. The number of rotatable bonds is 5. The summed E-state index contributed by atoms with van der Waals surface area (Å²) in [6.45, 7) is 2.95. The van der Waals surface area contributed by atoms with Crippen molar-refractivity contribution in [2.24, 2.45) is 0 Å². The molecule has 27 heavy (non-hydrogen) atoms. The van der Waals surface area contributed by atoms with E-state index in [-0.39, 0.29) is 17.5 Å². The van der Waals surface area contributed by atoms with Crippen LogP contribution in [0.3, 0.4) is 0 Å². The van der Waals surface area contributed by atoms with E-state index in [0.29, 0.717) is 13.2 Å². The van der Waals surface area contributed by atoms with E-state index in [0.717, 1.165) is 23.2 Å². The van der Waals surface area contributed by atoms with Crippen molar-refractivity contribution in [1.29, 1.82) is 0 Å². The summed E-state index contributed by atoms with van der Waals surface area (Å²) < 4.78 is 31.9. The van der Waals surface area contributed by atoms with Crippen molar-refractivity contribution in [2.75, 3.05) is 24.6 Å². The average molecular weight is 384 g/mol. The second kappa shape index (κ2) is 8.25. The average Bonchev–Trinajstić information content (AvgIpc) is 3.12. The van der Waals surface area contributed by atoms with Gasteiger partial charge >= 0.3 is 6.09 Å². The maximum absolute atomic E-state index is 12.2. The maximum Gasteiger partial charge on any atom is 0.414 e. The molecule has 140 valence electrons. The molecule has 0 radical (unpaired) electrons. The molecule has 1 saturated heterocycles. The monoisotopic (exact) mass is 384 g/mol. The fourth-order valence-electron chi connectivity index (χ4n) is 2.62. The lowest BCUT2D eigenvalue weighted by atomic mass is 10.2. The predicted molar refractivity (Wildman–Crippen MR) is 103 cm³/mol. The molecule has 0 bridgehead atoms. The molecule has 2 aromatic carbocycles. The fourth-order valence-corrected chi connectivity index (χ4v) is 3.54. The Bertz CT molecular complexity index is 971. The number of cyclic esters (lactones) is 1. The van der Waals surface area contributed by atoms with Crippen molar-refractivity contribution in [3.05, 3.63) is 59.7 Å². The van der Waals surface area contributed by atoms with Gasteiger partial charge < -0.3 is 4.74 Å². The lowest BCUT2D eigenvalue weighted by molar-refractivity contribution is 0.181. The van der Waals surface area contributed by atoms with Crippen LogP contribution in [0.5, 0.6) is 0 Å². The van der Waals surface area contributed by atoms with E-state index < -0.39 is 10.0 Å². The van der Waals surface area contributed by atoms with E-state index in [1.54, 1.807) is 53.4 Å². The Balaban J connectivity index is 1.59. The predicted octanol–water partition coefficient (Wildman–Crippen LogP) is 2.54. The van der Waals surface area contributed by atoms with Gasteiger partial charge in [-0.05, 0) is 48.4 Å². The van der Waals surface area contributed by atoms with Crippen LogP contribution >= 0.6 is 0 Å². The van der Waals surface area contributed by atoms with E-state index in [4.69, 9.17) is 4.74 Å². The first-order valence-electron chi connectivity index (χ1n) is 8.61. The van der Waals surface area contributed by atoms with Gasteiger partial charge in [0.05, 0.1) is 18.0 Å². The highest BCUT2D eigenvalue weighted by Crippen LogP contribution is 2.18. The third-order valence-electron chi connectivity index (χ3n) is 4.17. The SMILES string of the molecule is CCc1ccc(S(=O)(=O)NCC#Cc2ccc(N3CCOC3=O)cc2)cc1. The number of anilines is 1. The van der Waals surface area contributed by atoms with Crippen LogP contribution in [-0.2, 0) is 21.2 Å². The van der Waals surface area contributed by atoms with Gasteiger partial charge in [-0.2, -0.15) is 4.72 Å². The molecular weight excluding hydrogens is 364 g/mol. The molecule has 0 aliphatic carbocycles. The first kappa shape index (κ1) is 19.0. The molecule has 0 atom stereocenters. The van der Waals surface area contributed by atoms with Gasteiger partial charge in [-0.15, -0.1) is 0 Å². The summed E-state index contributed by atoms with van der Waals surface area (Å²) in [5.74, 6) is 5.71. The summed E-state index contributed by atoms with van der Waals surface area (Å²) in [6.07, 6.45) is 0.506. The van der Waals surface area contributed by atoms with Crippen molar-refractivity contribution in [1.82, 2.24) is 4.72 Å². The Morgan fingerprint density at radius 1 is 1.11 bits per heavy atom. The molecule has 0 saturated carbocycles. The summed E-state index contributed by atoms with van der Waals surface area (Å²) in [7, 11) is -3.57. The molecule has 7 heteroatoms. The van der Waals surface area contributed by atoms with Crippen LogP contribution in [-0.4, -0.2) is 34.2 Å². The summed E-state index contributed by atoms with van der Waals surface area (Å²) in [4.78, 5) is 13.3. The van der Waals surface area contributed by atoms with Gasteiger partial charge in [0.25, 0.3) is 0 Å². The number of carbonyl (C=O) groups is 1. The largest absolute Gasteiger partial charge is 0.447 e. The molecule has 0 spiro atoms. The van der Waals surface area contributed by atoms with Gasteiger partial charge in [0.2, 0.25) is 10.0 Å². The summed E-state index contributed by atoms with van der Waals surface area (Å²) in [5, 5.41) is 0. The van der Waals surface area contributed by atoms with E-state index in [1.807, 2.05) is 6.92 Å². The van der Waals surface area contributed by atoms with Gasteiger partial charge in [-0.3, -0.25) is 4.90 Å². The van der Waals surface area contributed by atoms with E-state index in [1.165, 1.54) is 0 Å². The smallest absolute Gasteiger partial charge is 0.414 e. The molecule has 6 nitrogen and oxygen atoms in total. The number of hydrogen-bond acceptors (Lipinski definition) is 4. The maximum atomic E-state index is 12.2. The van der Waals surface area contributed by atoms with Crippen molar-refractivity contribution in [3.63, 3.8) is 0 Å². The number of carbonyl (C=O) groups excluding carboxylic acids is 1. The Hall–Kier alpha value is -2.82. The standard InChI is InChI=1S/C20H20N2O4S/c1-2-16-7-11-19(12-8-16)27(24,25)21-13-3-4-17-5-9-18(10-6-17)22-14-15-26-20(22)23/h5-12,21H,2,13-15H2,1H3. The number of nitrogens with one attached hydrogen (secondary N) is 1. The number of nitrogens with zero attached hydrogens (tertiary/aromatic N) is 1. The number of aryl methyl sites for hydroxylation is 1. The minimum absolute atomic E-state index is 0.0120. The fraction of sp³-hybridized carbons (Fsp3) is 0.250. The zero-order valence-electron chi connectivity index (χ0n) is 14.9. The Kier molecular flexibility index (Phi) is 5.79. The number of benzene rings is 2. The minimum atomic E-state index is -3.57. The van der Waals surface area contributed by atoms with Gasteiger partial charge in [-0.1, -0.05) is 30.9 Å². The third kappa shape index (κ3) is 4.67. The highest BCUT2D eigenvalue weighted by atomic mass is 32.2. The molecule has 1 amide bonds. The lowest BCUT2D eigenvalue weighted by Gasteiger charge is -2.11. The van der Waals surface area contributed by atoms with Gasteiger partial charge in [0, 0.05) is 11.3 Å². The summed E-state index contributed by atoms with van der Waals surface area (Å²) in [5.41, 5.74) is 2.57. The molecule has 1 heterocycles. The van der Waals surface area contributed by atoms with Crippen LogP contribution in [0.25, 0.3) is 0 Å². The van der Waals surface area contributed by atoms with E-state index in [2.05, 4.69) is 16.6 Å². The molecule has 0 aromatic heterocycles. The van der Waals surface area contributed by atoms with Crippen molar-refractivity contribution < 1.29 is 17.9 Å². The highest BCUT2D eigenvalue weighted by Gasteiger charge is 2.23. The quantitative estimate of drug-likeness (QED) is 0.804. The topological polar surface area (TPSA) is 75.7 Å². The van der Waals surface area contributed by atoms with E-state index >= 15 is 0 Å². The normalized spacial score (nSPS) is 13.8. The van der Waals surface area contributed by atoms with Crippen LogP contribution in [0.4, 0.5) is 10.5 Å². The highest BCUT2D eigenvalue weighted by molar-refractivity contribution is 7.89. The number of ether oxygens (including phenoxy) is 1. The minimum Gasteiger partial charge on any atom is -0.447 e. The molecule has 1 aliphatic heterocycles. The van der Waals surface area contributed by atoms with Crippen LogP contribution < -0.4 is 9.62 Å².